The maximum absolute atomic E-state index is 11.7. The van der Waals surface area contributed by atoms with E-state index < -0.39 is 0 Å². The first-order valence-corrected chi connectivity index (χ1v) is 5.80. The predicted molar refractivity (Wildman–Crippen MR) is 70.5 cm³/mol. The molecule has 1 atom stereocenters. The fraction of sp³-hybridized carbons (Fsp3) is 0.455. The van der Waals surface area contributed by atoms with Gasteiger partial charge in [0.25, 0.3) is 5.56 Å². The van der Waals surface area contributed by atoms with Crippen LogP contribution in [-0.2, 0) is 6.54 Å². The van der Waals surface area contributed by atoms with Gasteiger partial charge in [0.2, 0.25) is 0 Å². The van der Waals surface area contributed by atoms with E-state index in [2.05, 4.69) is 17.0 Å². The van der Waals surface area contributed by atoms with Crippen molar-refractivity contribution in [3.63, 3.8) is 0 Å². The fourth-order valence-corrected chi connectivity index (χ4v) is 1.49. The summed E-state index contributed by atoms with van der Waals surface area (Å²) < 4.78 is 1.26. The molecule has 0 aromatic carbocycles. The predicted octanol–water partition coefficient (Wildman–Crippen LogP) is 1.23. The van der Waals surface area contributed by atoms with Gasteiger partial charge in [-0.15, -0.1) is 6.58 Å². The highest BCUT2D eigenvalue weighted by Crippen LogP contribution is 2.14. The highest BCUT2D eigenvalue weighted by Gasteiger charge is 2.08. The van der Waals surface area contributed by atoms with Crippen molar-refractivity contribution in [1.82, 2.24) is 9.78 Å². The summed E-state index contributed by atoms with van der Waals surface area (Å²) in [6.45, 7) is 6.47. The number of rotatable bonds is 6. The lowest BCUT2D eigenvalue weighted by Gasteiger charge is -2.10. The molecule has 0 amide bonds. The van der Waals surface area contributed by atoms with Crippen molar-refractivity contribution in [3.05, 3.63) is 34.2 Å². The van der Waals surface area contributed by atoms with Crippen molar-refractivity contribution in [2.24, 2.45) is 5.73 Å². The molecule has 1 unspecified atom stereocenters. The lowest BCUT2D eigenvalue weighted by Crippen LogP contribution is -2.24. The minimum Gasteiger partial charge on any atom is -0.382 e. The third-order valence-electron chi connectivity index (χ3n) is 2.20. The van der Waals surface area contributed by atoms with Crippen molar-refractivity contribution in [3.8, 4) is 0 Å². The molecule has 17 heavy (non-hydrogen) atoms. The lowest BCUT2D eigenvalue weighted by atomic mass is 10.2. The SMILES string of the molecule is C=CCn1ncc(NCCC(C)N)c(Cl)c1=O. The maximum atomic E-state index is 11.7. The zero-order chi connectivity index (χ0) is 12.8. The topological polar surface area (TPSA) is 72.9 Å². The van der Waals surface area contributed by atoms with E-state index >= 15 is 0 Å². The minimum atomic E-state index is -0.322. The summed E-state index contributed by atoms with van der Waals surface area (Å²) in [5.41, 5.74) is 5.84. The Morgan fingerprint density at radius 2 is 2.47 bits per heavy atom. The molecule has 1 aromatic heterocycles. The van der Waals surface area contributed by atoms with Gasteiger partial charge in [-0.2, -0.15) is 5.10 Å². The van der Waals surface area contributed by atoms with Crippen molar-refractivity contribution in [1.29, 1.82) is 0 Å². The molecule has 6 heteroatoms. The van der Waals surface area contributed by atoms with Gasteiger partial charge >= 0.3 is 0 Å². The number of aromatic nitrogens is 2. The number of hydrogen-bond donors (Lipinski definition) is 2. The number of anilines is 1. The molecule has 0 aliphatic carbocycles. The molecule has 0 aliphatic rings. The minimum absolute atomic E-state index is 0.107. The van der Waals surface area contributed by atoms with E-state index in [0.717, 1.165) is 6.42 Å². The van der Waals surface area contributed by atoms with Gasteiger partial charge in [-0.25, -0.2) is 4.68 Å². The second-order valence-electron chi connectivity index (χ2n) is 3.84. The Bertz CT molecular complexity index is 442. The zero-order valence-electron chi connectivity index (χ0n) is 9.82. The van der Waals surface area contributed by atoms with E-state index in [1.807, 2.05) is 6.92 Å². The number of hydrogen-bond acceptors (Lipinski definition) is 4. The molecule has 0 saturated carbocycles. The van der Waals surface area contributed by atoms with Crippen LogP contribution in [0.3, 0.4) is 0 Å². The zero-order valence-corrected chi connectivity index (χ0v) is 10.6. The summed E-state index contributed by atoms with van der Waals surface area (Å²) in [5, 5.41) is 7.17. The molecular formula is C11H17ClN4O. The van der Waals surface area contributed by atoms with E-state index in [9.17, 15) is 4.79 Å². The Morgan fingerprint density at radius 3 is 3.06 bits per heavy atom. The van der Waals surface area contributed by atoms with E-state index in [-0.39, 0.29) is 16.6 Å². The molecule has 5 nitrogen and oxygen atoms in total. The van der Waals surface area contributed by atoms with E-state index in [4.69, 9.17) is 17.3 Å². The van der Waals surface area contributed by atoms with Gasteiger partial charge in [0.05, 0.1) is 18.4 Å². The van der Waals surface area contributed by atoms with Gasteiger partial charge in [0.1, 0.15) is 5.02 Å². The molecule has 3 N–H and O–H groups in total. The standard InChI is InChI=1S/C11H17ClN4O/c1-3-6-16-11(17)10(12)9(7-15-16)14-5-4-8(2)13/h3,7-8,14H,1,4-6,13H2,2H3. The monoisotopic (exact) mass is 256 g/mol. The van der Waals surface area contributed by atoms with Crippen LogP contribution >= 0.6 is 11.6 Å². The molecule has 0 spiro atoms. The highest BCUT2D eigenvalue weighted by atomic mass is 35.5. The quantitative estimate of drug-likeness (QED) is 0.751. The van der Waals surface area contributed by atoms with Crippen LogP contribution in [0.15, 0.2) is 23.6 Å². The van der Waals surface area contributed by atoms with Crippen LogP contribution in [-0.4, -0.2) is 22.4 Å². The van der Waals surface area contributed by atoms with Crippen LogP contribution in [0.1, 0.15) is 13.3 Å². The van der Waals surface area contributed by atoms with Crippen LogP contribution in [0.4, 0.5) is 5.69 Å². The molecule has 94 valence electrons. The van der Waals surface area contributed by atoms with Gasteiger partial charge < -0.3 is 11.1 Å². The third-order valence-corrected chi connectivity index (χ3v) is 2.57. The van der Waals surface area contributed by atoms with Crippen molar-refractivity contribution >= 4 is 17.3 Å². The first-order chi connectivity index (χ1) is 8.06. The Labute approximate surface area is 105 Å². The summed E-state index contributed by atoms with van der Waals surface area (Å²) >= 11 is 5.95. The molecular weight excluding hydrogens is 240 g/mol. The average Bonchev–Trinajstić information content (AvgIpc) is 2.28. The average molecular weight is 257 g/mol. The largest absolute Gasteiger partial charge is 0.382 e. The second-order valence-corrected chi connectivity index (χ2v) is 4.22. The first-order valence-electron chi connectivity index (χ1n) is 5.42. The molecule has 1 heterocycles. The number of nitrogens with two attached hydrogens (primary N) is 1. The van der Waals surface area contributed by atoms with E-state index in [0.29, 0.717) is 18.8 Å². The molecule has 1 rings (SSSR count). The van der Waals surface area contributed by atoms with Crippen molar-refractivity contribution in [2.45, 2.75) is 25.9 Å². The van der Waals surface area contributed by atoms with Crippen LogP contribution in [0, 0.1) is 0 Å². The van der Waals surface area contributed by atoms with Crippen LogP contribution in [0.5, 0.6) is 0 Å². The number of nitrogens with one attached hydrogen (secondary N) is 1. The number of halogens is 1. The van der Waals surface area contributed by atoms with Gasteiger partial charge in [-0.05, 0) is 13.3 Å². The fourth-order valence-electron chi connectivity index (χ4n) is 1.28. The van der Waals surface area contributed by atoms with Crippen LogP contribution < -0.4 is 16.6 Å². The molecule has 0 bridgehead atoms. The molecule has 0 radical (unpaired) electrons. The lowest BCUT2D eigenvalue weighted by molar-refractivity contribution is 0.651. The summed E-state index contributed by atoms with van der Waals surface area (Å²) in [6, 6.07) is 0.107. The van der Waals surface area contributed by atoms with Gasteiger partial charge in [0, 0.05) is 12.6 Å². The third kappa shape index (κ3) is 3.87. The Kier molecular flexibility index (Phi) is 5.18. The summed E-state index contributed by atoms with van der Waals surface area (Å²) in [4.78, 5) is 11.7. The number of nitrogens with zero attached hydrogens (tertiary/aromatic N) is 2. The van der Waals surface area contributed by atoms with Crippen LogP contribution in [0.2, 0.25) is 5.02 Å². The normalized spacial score (nSPS) is 12.2. The Balaban J connectivity index is 2.78. The molecule has 0 aliphatic heterocycles. The maximum Gasteiger partial charge on any atom is 0.287 e. The van der Waals surface area contributed by atoms with E-state index in [1.165, 1.54) is 10.9 Å². The van der Waals surface area contributed by atoms with Gasteiger partial charge in [-0.1, -0.05) is 17.7 Å². The van der Waals surface area contributed by atoms with Crippen molar-refractivity contribution in [2.75, 3.05) is 11.9 Å². The Morgan fingerprint density at radius 1 is 1.76 bits per heavy atom. The number of allylic oxidation sites excluding steroid dienone is 1. The summed E-state index contributed by atoms with van der Waals surface area (Å²) in [6.07, 6.45) is 3.93. The summed E-state index contributed by atoms with van der Waals surface area (Å²) in [5.74, 6) is 0. The summed E-state index contributed by atoms with van der Waals surface area (Å²) in [7, 11) is 0. The van der Waals surface area contributed by atoms with E-state index in [1.54, 1.807) is 6.08 Å². The highest BCUT2D eigenvalue weighted by molar-refractivity contribution is 6.32. The van der Waals surface area contributed by atoms with Crippen LogP contribution in [0.25, 0.3) is 0 Å². The van der Waals surface area contributed by atoms with Gasteiger partial charge in [0.15, 0.2) is 0 Å². The molecule has 0 saturated heterocycles. The molecule has 1 aromatic rings. The smallest absolute Gasteiger partial charge is 0.287 e. The first kappa shape index (κ1) is 13.7. The van der Waals surface area contributed by atoms with Gasteiger partial charge in [-0.3, -0.25) is 4.79 Å². The van der Waals surface area contributed by atoms with Crippen molar-refractivity contribution < 1.29 is 0 Å². The molecule has 0 fully saturated rings. The Hall–Kier alpha value is -1.33. The second kappa shape index (κ2) is 6.42.